The zero-order valence-electron chi connectivity index (χ0n) is 53.0. The van der Waals surface area contributed by atoms with E-state index in [0.29, 0.717) is 19.3 Å². The molecule has 0 aromatic heterocycles. The molecular formula is C67H118O16P2. The summed E-state index contributed by atoms with van der Waals surface area (Å²) >= 11 is 0. The van der Waals surface area contributed by atoms with Crippen molar-refractivity contribution < 1.29 is 75.8 Å². The lowest BCUT2D eigenvalue weighted by Crippen LogP contribution is -2.30. The van der Waals surface area contributed by atoms with Crippen molar-refractivity contribution in [1.29, 1.82) is 0 Å². The van der Waals surface area contributed by atoms with Crippen LogP contribution >= 0.6 is 15.6 Å². The zero-order chi connectivity index (χ0) is 62.4. The Labute approximate surface area is 515 Å². The molecule has 0 aliphatic heterocycles. The summed E-state index contributed by atoms with van der Waals surface area (Å²) in [5.41, 5.74) is 0. The highest BCUT2D eigenvalue weighted by molar-refractivity contribution is 7.47. The molecule has 0 rings (SSSR count). The number of esters is 3. The van der Waals surface area contributed by atoms with Crippen molar-refractivity contribution in [3.63, 3.8) is 0 Å². The van der Waals surface area contributed by atoms with Gasteiger partial charge in [-0.1, -0.05) is 241 Å². The first-order chi connectivity index (χ1) is 41.2. The van der Waals surface area contributed by atoms with Crippen molar-refractivity contribution in [1.82, 2.24) is 0 Å². The van der Waals surface area contributed by atoms with Crippen LogP contribution in [0.1, 0.15) is 265 Å². The van der Waals surface area contributed by atoms with Gasteiger partial charge >= 0.3 is 33.6 Å². The van der Waals surface area contributed by atoms with E-state index in [1.807, 2.05) is 0 Å². The molecule has 0 aromatic rings. The molecule has 0 heterocycles. The molecular weight excluding hydrogens is 1120 g/mol. The average Bonchev–Trinajstić information content (AvgIpc) is 3.52. The van der Waals surface area contributed by atoms with Gasteiger partial charge in [0.05, 0.1) is 26.4 Å². The topological polar surface area (TPSA) is 231 Å². The van der Waals surface area contributed by atoms with Crippen molar-refractivity contribution in [2.45, 2.75) is 283 Å². The highest BCUT2D eigenvalue weighted by Crippen LogP contribution is 2.45. The standard InChI is InChI=1S/C67H118O16P2/c1-4-7-10-13-16-19-22-25-28-29-30-31-34-36-38-41-44-47-50-53-65(70)77-56-62(68)57-79-84(73,74)80-58-63(69)59-81-85(75,76)82-61-64(83-67(72)55-52-49-46-43-40-37-33-27-24-21-18-15-12-9-6-3)60-78-66(71)54-51-48-45-42-39-35-32-26-23-20-17-14-11-8-5-2/h7-8,10-11,16-17,19-20,25-26,28,30-32,62-64,68-69H,4-6,9,12-15,18,21-24,27,29,33-61H2,1-3H3,(H,73,74)(H,75,76)/b10-7-,11-8-,19-16-,20-17-,28-25-,31-30-,32-26-. The molecule has 0 amide bonds. The summed E-state index contributed by atoms with van der Waals surface area (Å²) in [6, 6.07) is 0. The molecule has 18 heteroatoms. The first-order valence-corrected chi connectivity index (χ1v) is 35.9. The third kappa shape index (κ3) is 62.1. The summed E-state index contributed by atoms with van der Waals surface area (Å²) in [6.45, 7) is 2.42. The van der Waals surface area contributed by atoms with Gasteiger partial charge in [0.2, 0.25) is 0 Å². The Balaban J connectivity index is 4.67. The van der Waals surface area contributed by atoms with Crippen molar-refractivity contribution in [3.8, 4) is 0 Å². The van der Waals surface area contributed by atoms with E-state index < -0.39 is 91.5 Å². The maximum Gasteiger partial charge on any atom is 0.472 e. The van der Waals surface area contributed by atoms with Crippen LogP contribution in [0.4, 0.5) is 0 Å². The third-order valence-corrected chi connectivity index (χ3v) is 15.5. The number of unbranched alkanes of at least 4 members (excludes halogenated alkanes) is 25. The minimum absolute atomic E-state index is 0.104. The molecule has 5 atom stereocenters. The van der Waals surface area contributed by atoms with Gasteiger partial charge < -0.3 is 34.2 Å². The number of hydrogen-bond acceptors (Lipinski definition) is 14. The lowest BCUT2D eigenvalue weighted by atomic mass is 10.0. The van der Waals surface area contributed by atoms with E-state index in [2.05, 4.69) is 106 Å². The van der Waals surface area contributed by atoms with E-state index >= 15 is 0 Å². The van der Waals surface area contributed by atoms with E-state index in [9.17, 15) is 43.5 Å². The first-order valence-electron chi connectivity index (χ1n) is 32.9. The minimum Gasteiger partial charge on any atom is -0.463 e. The first kappa shape index (κ1) is 81.7. The van der Waals surface area contributed by atoms with E-state index in [4.69, 9.17) is 32.3 Å². The Bertz CT molecular complexity index is 1900. The Morgan fingerprint density at radius 3 is 0.988 bits per heavy atom. The van der Waals surface area contributed by atoms with Crippen LogP contribution in [0.15, 0.2) is 85.1 Å². The van der Waals surface area contributed by atoms with Gasteiger partial charge in [-0.3, -0.25) is 32.5 Å². The molecule has 85 heavy (non-hydrogen) atoms. The Kier molecular flexibility index (Phi) is 58.6. The predicted molar refractivity (Wildman–Crippen MR) is 344 cm³/mol. The van der Waals surface area contributed by atoms with Gasteiger partial charge in [-0.25, -0.2) is 9.13 Å². The second kappa shape index (κ2) is 61.0. The van der Waals surface area contributed by atoms with E-state index in [1.165, 1.54) is 64.2 Å². The number of rotatable bonds is 62. The van der Waals surface area contributed by atoms with Gasteiger partial charge in [-0.05, 0) is 89.9 Å². The molecule has 0 aliphatic carbocycles. The number of carbonyl (C=O) groups excluding carboxylic acids is 3. The van der Waals surface area contributed by atoms with Gasteiger partial charge in [0.15, 0.2) is 6.10 Å². The molecule has 4 N–H and O–H groups in total. The van der Waals surface area contributed by atoms with Gasteiger partial charge in [-0.2, -0.15) is 0 Å². The number of allylic oxidation sites excluding steroid dienone is 14. The van der Waals surface area contributed by atoms with Crippen molar-refractivity contribution in [2.24, 2.45) is 0 Å². The third-order valence-electron chi connectivity index (χ3n) is 13.6. The highest BCUT2D eigenvalue weighted by atomic mass is 31.2. The van der Waals surface area contributed by atoms with E-state index in [1.54, 1.807) is 0 Å². The monoisotopic (exact) mass is 1240 g/mol. The quantitative estimate of drug-likeness (QED) is 0.0146. The SMILES string of the molecule is CC/C=C\C/C=C\C/C=C\C/C=C\CCCCCCCCC(=O)OCC(O)COP(=O)(O)OCC(O)COP(=O)(O)OCC(COC(=O)CCCCCCC/C=C\C/C=C\C/C=C\CC)OC(=O)CCCCCCCCCCCCCCCCC. The second-order valence-corrected chi connectivity index (χ2v) is 24.8. The molecule has 0 radical (unpaired) electrons. The number of aliphatic hydroxyl groups excluding tert-OH is 2. The van der Waals surface area contributed by atoms with Crippen LogP contribution in [0, 0.1) is 0 Å². The molecule has 5 unspecified atom stereocenters. The van der Waals surface area contributed by atoms with Crippen LogP contribution in [-0.2, 0) is 55.8 Å². The van der Waals surface area contributed by atoms with Crippen LogP contribution in [0.5, 0.6) is 0 Å². The summed E-state index contributed by atoms with van der Waals surface area (Å²) in [7, 11) is -9.77. The Hall–Kier alpha value is -3.27. The number of phosphoric acid groups is 2. The number of aliphatic hydroxyl groups is 2. The molecule has 0 fully saturated rings. The fourth-order valence-corrected chi connectivity index (χ4v) is 10.2. The minimum atomic E-state index is -4.92. The number of carbonyl (C=O) groups is 3. The molecule has 492 valence electrons. The molecule has 0 saturated carbocycles. The smallest absolute Gasteiger partial charge is 0.463 e. The molecule has 0 aliphatic rings. The molecule has 0 spiro atoms. The zero-order valence-corrected chi connectivity index (χ0v) is 54.8. The van der Waals surface area contributed by atoms with Crippen LogP contribution in [0.25, 0.3) is 0 Å². The lowest BCUT2D eigenvalue weighted by molar-refractivity contribution is -0.161. The molecule has 0 saturated heterocycles. The van der Waals surface area contributed by atoms with Crippen molar-refractivity contribution in [2.75, 3.05) is 39.6 Å². The van der Waals surface area contributed by atoms with Gasteiger partial charge in [0, 0.05) is 19.3 Å². The fourth-order valence-electron chi connectivity index (χ4n) is 8.63. The van der Waals surface area contributed by atoms with Crippen molar-refractivity contribution >= 4 is 33.6 Å². The van der Waals surface area contributed by atoms with Crippen LogP contribution in [-0.4, -0.2) is 95.9 Å². The summed E-state index contributed by atoms with van der Waals surface area (Å²) in [5, 5.41) is 20.5. The van der Waals surface area contributed by atoms with Crippen molar-refractivity contribution in [3.05, 3.63) is 85.1 Å². The lowest BCUT2D eigenvalue weighted by Gasteiger charge is -2.21. The van der Waals surface area contributed by atoms with Gasteiger partial charge in [0.1, 0.15) is 25.4 Å². The normalized spacial score (nSPS) is 14.9. The van der Waals surface area contributed by atoms with E-state index in [0.717, 1.165) is 141 Å². The Morgan fingerprint density at radius 2 is 0.624 bits per heavy atom. The number of hydrogen-bond donors (Lipinski definition) is 4. The molecule has 0 bridgehead atoms. The summed E-state index contributed by atoms with van der Waals surface area (Å²) in [5.74, 6) is -1.60. The van der Waals surface area contributed by atoms with Gasteiger partial charge in [-0.15, -0.1) is 0 Å². The summed E-state index contributed by atoms with van der Waals surface area (Å²) in [6.07, 6.45) is 63.5. The largest absolute Gasteiger partial charge is 0.472 e. The fraction of sp³-hybridized carbons (Fsp3) is 0.746. The highest BCUT2D eigenvalue weighted by Gasteiger charge is 2.29. The van der Waals surface area contributed by atoms with Crippen LogP contribution < -0.4 is 0 Å². The van der Waals surface area contributed by atoms with E-state index in [-0.39, 0.29) is 19.3 Å². The number of phosphoric ester groups is 2. The predicted octanol–water partition coefficient (Wildman–Crippen LogP) is 17.8. The summed E-state index contributed by atoms with van der Waals surface area (Å²) < 4.78 is 60.8. The number of ether oxygens (including phenoxy) is 3. The molecule has 0 aromatic carbocycles. The van der Waals surface area contributed by atoms with Crippen LogP contribution in [0.2, 0.25) is 0 Å². The maximum absolute atomic E-state index is 12.9. The Morgan fingerprint density at radius 1 is 0.341 bits per heavy atom. The second-order valence-electron chi connectivity index (χ2n) is 21.9. The maximum atomic E-state index is 12.9. The molecule has 16 nitrogen and oxygen atoms in total. The van der Waals surface area contributed by atoms with Gasteiger partial charge in [0.25, 0.3) is 0 Å². The summed E-state index contributed by atoms with van der Waals surface area (Å²) in [4.78, 5) is 58.3. The van der Waals surface area contributed by atoms with Crippen LogP contribution in [0.3, 0.4) is 0 Å². The average molecular weight is 1240 g/mol.